The van der Waals surface area contributed by atoms with Crippen molar-refractivity contribution in [2.75, 3.05) is 0 Å². The monoisotopic (exact) mass is 289 g/mol. The van der Waals surface area contributed by atoms with Crippen LogP contribution in [0.4, 0.5) is 0 Å². The molecule has 0 atom stereocenters. The quantitative estimate of drug-likeness (QED) is 0.584. The van der Waals surface area contributed by atoms with Crippen LogP contribution in [-0.4, -0.2) is 4.98 Å². The van der Waals surface area contributed by atoms with Gasteiger partial charge in [0.15, 0.2) is 0 Å². The van der Waals surface area contributed by atoms with Gasteiger partial charge < -0.3 is 0 Å². The van der Waals surface area contributed by atoms with Crippen LogP contribution < -0.4 is 0 Å². The number of nitrogens with zero attached hydrogens (tertiary/aromatic N) is 1. The number of hydrogen-bond acceptors (Lipinski definition) is 1. The minimum atomic E-state index is 0.343. The Kier molecular flexibility index (Phi) is 3.98. The molecule has 0 fully saturated rings. The summed E-state index contributed by atoms with van der Waals surface area (Å²) in [6.07, 6.45) is 6.21. The van der Waals surface area contributed by atoms with Gasteiger partial charge in [0.25, 0.3) is 0 Å². The molecular weight excluding hydrogens is 266 g/mol. The van der Waals surface area contributed by atoms with Gasteiger partial charge in [-0.2, -0.15) is 0 Å². The summed E-state index contributed by atoms with van der Waals surface area (Å²) in [4.78, 5) is 4.41. The van der Waals surface area contributed by atoms with Gasteiger partial charge in [0, 0.05) is 23.3 Å². The Morgan fingerprint density at radius 1 is 0.955 bits per heavy atom. The lowest BCUT2D eigenvalue weighted by molar-refractivity contribution is 0.349. The van der Waals surface area contributed by atoms with Gasteiger partial charge in [-0.3, -0.25) is 4.98 Å². The van der Waals surface area contributed by atoms with Crippen LogP contribution in [0.25, 0.3) is 21.9 Å². The summed E-state index contributed by atoms with van der Waals surface area (Å²) in [6, 6.07) is 17.4. The average molecular weight is 289 g/mol. The molecule has 22 heavy (non-hydrogen) atoms. The van der Waals surface area contributed by atoms with E-state index in [1.54, 1.807) is 0 Å². The molecule has 3 rings (SSSR count). The first kappa shape index (κ1) is 14.8. The van der Waals surface area contributed by atoms with Gasteiger partial charge in [0.2, 0.25) is 0 Å². The van der Waals surface area contributed by atoms with Crippen LogP contribution in [0.15, 0.2) is 60.9 Å². The Hall–Kier alpha value is -2.15. The standard InChI is InChI=1S/C21H23N/c1-4-21(2,3)13-16-8-7-10-17(12-16)20-15-22-14-18-9-5-6-11-19(18)20/h5-12,14-15H,4,13H2,1-3H3. The van der Waals surface area contributed by atoms with Crippen molar-refractivity contribution in [3.05, 3.63) is 66.5 Å². The van der Waals surface area contributed by atoms with Crippen molar-refractivity contribution >= 4 is 10.8 Å². The molecule has 0 bridgehead atoms. The lowest BCUT2D eigenvalue weighted by Crippen LogP contribution is -2.13. The van der Waals surface area contributed by atoms with Crippen LogP contribution >= 0.6 is 0 Å². The summed E-state index contributed by atoms with van der Waals surface area (Å²) in [6.45, 7) is 6.93. The van der Waals surface area contributed by atoms with E-state index in [0.717, 1.165) is 6.42 Å². The fraction of sp³-hybridized carbons (Fsp3) is 0.286. The number of benzene rings is 2. The Labute approximate surface area is 133 Å². The van der Waals surface area contributed by atoms with Crippen molar-refractivity contribution in [1.29, 1.82) is 0 Å². The molecule has 112 valence electrons. The molecule has 0 aliphatic carbocycles. The van der Waals surface area contributed by atoms with E-state index in [4.69, 9.17) is 0 Å². The van der Waals surface area contributed by atoms with Crippen LogP contribution in [0.1, 0.15) is 32.8 Å². The molecule has 0 amide bonds. The summed E-state index contributed by atoms with van der Waals surface area (Å²) in [5.74, 6) is 0. The van der Waals surface area contributed by atoms with E-state index in [9.17, 15) is 0 Å². The number of fused-ring (bicyclic) bond motifs is 1. The lowest BCUT2D eigenvalue weighted by atomic mass is 9.83. The molecule has 0 saturated carbocycles. The highest BCUT2D eigenvalue weighted by Crippen LogP contribution is 2.30. The molecule has 2 aromatic carbocycles. The highest BCUT2D eigenvalue weighted by Gasteiger charge is 2.16. The third-order valence-corrected chi connectivity index (χ3v) is 4.55. The summed E-state index contributed by atoms with van der Waals surface area (Å²) < 4.78 is 0. The second-order valence-corrected chi connectivity index (χ2v) is 6.80. The van der Waals surface area contributed by atoms with Gasteiger partial charge in [-0.1, -0.05) is 75.7 Å². The summed E-state index contributed by atoms with van der Waals surface area (Å²) in [5, 5.41) is 2.46. The third kappa shape index (κ3) is 3.04. The molecular formula is C21H23N. The second kappa shape index (κ2) is 5.92. The van der Waals surface area contributed by atoms with Crippen molar-refractivity contribution in [3.8, 4) is 11.1 Å². The zero-order valence-electron chi connectivity index (χ0n) is 13.6. The van der Waals surface area contributed by atoms with Crippen LogP contribution in [-0.2, 0) is 6.42 Å². The maximum absolute atomic E-state index is 4.41. The molecule has 0 N–H and O–H groups in total. The highest BCUT2D eigenvalue weighted by atomic mass is 14.6. The SMILES string of the molecule is CCC(C)(C)Cc1cccc(-c2cncc3ccccc23)c1. The zero-order valence-corrected chi connectivity index (χ0v) is 13.6. The van der Waals surface area contributed by atoms with Gasteiger partial charge in [-0.05, 0) is 28.3 Å². The summed E-state index contributed by atoms with van der Waals surface area (Å²) in [5.41, 5.74) is 4.22. The fourth-order valence-corrected chi connectivity index (χ4v) is 2.87. The Morgan fingerprint density at radius 2 is 1.77 bits per heavy atom. The van der Waals surface area contributed by atoms with Crippen molar-refractivity contribution < 1.29 is 0 Å². The van der Waals surface area contributed by atoms with E-state index in [1.807, 2.05) is 12.4 Å². The van der Waals surface area contributed by atoms with E-state index in [0.29, 0.717) is 5.41 Å². The molecule has 1 aromatic heterocycles. The smallest absolute Gasteiger partial charge is 0.0352 e. The number of hydrogen-bond donors (Lipinski definition) is 0. The number of rotatable bonds is 4. The topological polar surface area (TPSA) is 12.9 Å². The van der Waals surface area contributed by atoms with E-state index in [1.165, 1.54) is 33.9 Å². The van der Waals surface area contributed by atoms with Gasteiger partial charge in [0.1, 0.15) is 0 Å². The van der Waals surface area contributed by atoms with Crippen molar-refractivity contribution in [3.63, 3.8) is 0 Å². The molecule has 0 spiro atoms. The van der Waals surface area contributed by atoms with E-state index < -0.39 is 0 Å². The fourth-order valence-electron chi connectivity index (χ4n) is 2.87. The minimum Gasteiger partial charge on any atom is -0.263 e. The normalized spacial score (nSPS) is 11.8. The zero-order chi connectivity index (χ0) is 15.6. The van der Waals surface area contributed by atoms with E-state index in [2.05, 4.69) is 74.3 Å². The molecule has 1 nitrogen and oxygen atoms in total. The second-order valence-electron chi connectivity index (χ2n) is 6.80. The Balaban J connectivity index is 2.05. The van der Waals surface area contributed by atoms with E-state index >= 15 is 0 Å². The van der Waals surface area contributed by atoms with Crippen LogP contribution in [0, 0.1) is 5.41 Å². The molecule has 0 unspecified atom stereocenters. The first-order valence-electron chi connectivity index (χ1n) is 8.01. The van der Waals surface area contributed by atoms with Crippen molar-refractivity contribution in [1.82, 2.24) is 4.98 Å². The predicted molar refractivity (Wildman–Crippen MR) is 95.0 cm³/mol. The number of pyridine rings is 1. The first-order chi connectivity index (χ1) is 10.6. The Bertz CT molecular complexity index is 781. The number of aromatic nitrogens is 1. The van der Waals surface area contributed by atoms with Crippen LogP contribution in [0.5, 0.6) is 0 Å². The Morgan fingerprint density at radius 3 is 2.59 bits per heavy atom. The van der Waals surface area contributed by atoms with E-state index in [-0.39, 0.29) is 0 Å². The third-order valence-electron chi connectivity index (χ3n) is 4.55. The van der Waals surface area contributed by atoms with Gasteiger partial charge in [-0.25, -0.2) is 0 Å². The van der Waals surface area contributed by atoms with Gasteiger partial charge in [0.05, 0.1) is 0 Å². The van der Waals surface area contributed by atoms with Gasteiger partial charge in [-0.15, -0.1) is 0 Å². The molecule has 0 aliphatic heterocycles. The summed E-state index contributed by atoms with van der Waals surface area (Å²) in [7, 11) is 0. The molecule has 0 aliphatic rings. The molecule has 3 aromatic rings. The first-order valence-corrected chi connectivity index (χ1v) is 8.01. The summed E-state index contributed by atoms with van der Waals surface area (Å²) >= 11 is 0. The maximum Gasteiger partial charge on any atom is 0.0352 e. The lowest BCUT2D eigenvalue weighted by Gasteiger charge is -2.22. The highest BCUT2D eigenvalue weighted by molar-refractivity contribution is 5.95. The average Bonchev–Trinajstić information content (AvgIpc) is 2.54. The molecule has 1 heterocycles. The van der Waals surface area contributed by atoms with Crippen molar-refractivity contribution in [2.45, 2.75) is 33.6 Å². The van der Waals surface area contributed by atoms with Crippen LogP contribution in [0.2, 0.25) is 0 Å². The van der Waals surface area contributed by atoms with Crippen LogP contribution in [0.3, 0.4) is 0 Å². The maximum atomic E-state index is 4.41. The van der Waals surface area contributed by atoms with Gasteiger partial charge >= 0.3 is 0 Å². The minimum absolute atomic E-state index is 0.343. The molecule has 0 radical (unpaired) electrons. The molecule has 0 saturated heterocycles. The molecule has 1 heteroatoms. The van der Waals surface area contributed by atoms with Crippen molar-refractivity contribution in [2.24, 2.45) is 5.41 Å². The predicted octanol–water partition coefficient (Wildman–Crippen LogP) is 5.88. The largest absolute Gasteiger partial charge is 0.263 e.